The molecule has 176 valence electrons. The number of rotatable bonds is 8. The molecule has 0 N–H and O–H groups in total. The Labute approximate surface area is 194 Å². The molecule has 2 aromatic heterocycles. The number of aromatic nitrogens is 3. The molecule has 0 unspecified atom stereocenters. The van der Waals surface area contributed by atoms with Gasteiger partial charge in [0.15, 0.2) is 20.8 Å². The molecule has 0 radical (unpaired) electrons. The first-order chi connectivity index (χ1) is 15.4. The summed E-state index contributed by atoms with van der Waals surface area (Å²) in [6.45, 7) is 4.02. The zero-order chi connectivity index (χ0) is 22.7. The van der Waals surface area contributed by atoms with E-state index in [-0.39, 0.29) is 35.2 Å². The summed E-state index contributed by atoms with van der Waals surface area (Å²) >= 11 is 1.39. The lowest BCUT2D eigenvalue weighted by molar-refractivity contribution is -0.132. The number of sulfone groups is 1. The number of amides is 1. The summed E-state index contributed by atoms with van der Waals surface area (Å²) in [6.07, 6.45) is 8.63. The van der Waals surface area contributed by atoms with Crippen LogP contribution < -0.4 is 0 Å². The first-order valence-corrected chi connectivity index (χ1v) is 14.3. The molecule has 10 heteroatoms. The Bertz CT molecular complexity index is 1010. The van der Waals surface area contributed by atoms with Crippen molar-refractivity contribution < 1.29 is 17.6 Å². The van der Waals surface area contributed by atoms with E-state index in [1.165, 1.54) is 31.0 Å². The van der Waals surface area contributed by atoms with Gasteiger partial charge < -0.3 is 9.32 Å². The summed E-state index contributed by atoms with van der Waals surface area (Å²) in [6, 6.07) is 3.77. The minimum atomic E-state index is -3.06. The van der Waals surface area contributed by atoms with E-state index in [0.717, 1.165) is 24.4 Å². The molecule has 0 bridgehead atoms. The molecule has 1 aliphatic carbocycles. The van der Waals surface area contributed by atoms with E-state index >= 15 is 0 Å². The van der Waals surface area contributed by atoms with Crippen molar-refractivity contribution in [2.45, 2.75) is 82.1 Å². The summed E-state index contributed by atoms with van der Waals surface area (Å²) in [5.41, 5.74) is 0. The second-order valence-corrected chi connectivity index (χ2v) is 12.0. The molecule has 2 fully saturated rings. The Hall–Kier alpha value is -1.81. The maximum atomic E-state index is 13.3. The summed E-state index contributed by atoms with van der Waals surface area (Å²) in [5, 5.41) is 9.53. The van der Waals surface area contributed by atoms with Gasteiger partial charge in [-0.2, -0.15) is 0 Å². The molecule has 2 atom stereocenters. The SMILES string of the molecule is CC[C@H](C)N(C(=O)CSc1nnc(-c2ccco2)n1C1CCCCC1)[C@@H]1CCS(=O)(=O)C1. The van der Waals surface area contributed by atoms with Gasteiger partial charge in [-0.15, -0.1) is 10.2 Å². The van der Waals surface area contributed by atoms with Crippen molar-refractivity contribution in [2.75, 3.05) is 17.3 Å². The average molecular weight is 481 g/mol. The van der Waals surface area contributed by atoms with Crippen molar-refractivity contribution in [3.05, 3.63) is 18.4 Å². The van der Waals surface area contributed by atoms with Gasteiger partial charge in [-0.05, 0) is 44.7 Å². The van der Waals surface area contributed by atoms with E-state index < -0.39 is 9.84 Å². The molecule has 1 saturated heterocycles. The average Bonchev–Trinajstić information content (AvgIpc) is 3.52. The lowest BCUT2D eigenvalue weighted by atomic mass is 9.95. The van der Waals surface area contributed by atoms with Crippen LogP contribution in [0, 0.1) is 0 Å². The van der Waals surface area contributed by atoms with Crippen LogP contribution in [0.1, 0.15) is 64.8 Å². The highest BCUT2D eigenvalue weighted by atomic mass is 32.2. The Morgan fingerprint density at radius 2 is 2.06 bits per heavy atom. The van der Waals surface area contributed by atoms with Crippen molar-refractivity contribution in [1.82, 2.24) is 19.7 Å². The Kier molecular flexibility index (Phi) is 7.29. The van der Waals surface area contributed by atoms with Crippen molar-refractivity contribution in [3.63, 3.8) is 0 Å². The first kappa shape index (κ1) is 23.4. The van der Waals surface area contributed by atoms with Gasteiger partial charge in [0, 0.05) is 18.1 Å². The van der Waals surface area contributed by atoms with E-state index in [2.05, 4.69) is 14.8 Å². The van der Waals surface area contributed by atoms with Crippen LogP contribution in [0.25, 0.3) is 11.6 Å². The minimum Gasteiger partial charge on any atom is -0.461 e. The highest BCUT2D eigenvalue weighted by Crippen LogP contribution is 2.36. The van der Waals surface area contributed by atoms with Gasteiger partial charge in [-0.3, -0.25) is 9.36 Å². The highest BCUT2D eigenvalue weighted by Gasteiger charge is 2.36. The molecule has 2 aromatic rings. The number of hydrogen-bond acceptors (Lipinski definition) is 7. The zero-order valence-corrected chi connectivity index (χ0v) is 20.4. The summed E-state index contributed by atoms with van der Waals surface area (Å²) in [7, 11) is -3.06. The predicted molar refractivity (Wildman–Crippen MR) is 124 cm³/mol. The predicted octanol–water partition coefficient (Wildman–Crippen LogP) is 3.95. The van der Waals surface area contributed by atoms with Crippen molar-refractivity contribution in [3.8, 4) is 11.6 Å². The Morgan fingerprint density at radius 1 is 1.28 bits per heavy atom. The molecule has 32 heavy (non-hydrogen) atoms. The van der Waals surface area contributed by atoms with E-state index in [4.69, 9.17) is 4.42 Å². The molecule has 2 aliphatic rings. The Balaban J connectivity index is 1.53. The number of carbonyl (C=O) groups is 1. The maximum absolute atomic E-state index is 13.3. The van der Waals surface area contributed by atoms with Crippen LogP contribution in [0.3, 0.4) is 0 Å². The lowest BCUT2D eigenvalue weighted by Crippen LogP contribution is -2.47. The zero-order valence-electron chi connectivity index (χ0n) is 18.8. The van der Waals surface area contributed by atoms with Gasteiger partial charge in [0.2, 0.25) is 11.7 Å². The molecule has 8 nitrogen and oxygen atoms in total. The molecule has 1 saturated carbocycles. The van der Waals surface area contributed by atoms with Crippen LogP contribution in [-0.4, -0.2) is 63.3 Å². The fourth-order valence-corrected chi connectivity index (χ4v) is 7.41. The molecule has 4 rings (SSSR count). The number of carbonyl (C=O) groups excluding carboxylic acids is 1. The van der Waals surface area contributed by atoms with Crippen molar-refractivity contribution in [1.29, 1.82) is 0 Å². The van der Waals surface area contributed by atoms with E-state index in [1.807, 2.05) is 26.0 Å². The monoisotopic (exact) mass is 480 g/mol. The molecular weight excluding hydrogens is 448 g/mol. The Morgan fingerprint density at radius 3 is 2.69 bits per heavy atom. The van der Waals surface area contributed by atoms with Crippen molar-refractivity contribution >= 4 is 27.5 Å². The van der Waals surface area contributed by atoms with Crippen LogP contribution in [0.15, 0.2) is 28.0 Å². The second-order valence-electron chi connectivity index (χ2n) is 8.85. The quantitative estimate of drug-likeness (QED) is 0.528. The fourth-order valence-electron chi connectivity index (χ4n) is 4.82. The number of thioether (sulfide) groups is 1. The smallest absolute Gasteiger partial charge is 0.233 e. The molecule has 1 aliphatic heterocycles. The summed E-state index contributed by atoms with van der Waals surface area (Å²) in [5.74, 6) is 1.78. The molecule has 3 heterocycles. The highest BCUT2D eigenvalue weighted by molar-refractivity contribution is 7.99. The van der Waals surface area contributed by atoms with Crippen LogP contribution in [0.2, 0.25) is 0 Å². The third-order valence-corrected chi connectivity index (χ3v) is 9.30. The van der Waals surface area contributed by atoms with Gasteiger partial charge in [0.25, 0.3) is 0 Å². The second kappa shape index (κ2) is 9.99. The van der Waals surface area contributed by atoms with Crippen molar-refractivity contribution in [2.24, 2.45) is 0 Å². The fraction of sp³-hybridized carbons (Fsp3) is 0.682. The number of hydrogen-bond donors (Lipinski definition) is 0. The van der Waals surface area contributed by atoms with Gasteiger partial charge in [0.1, 0.15) is 0 Å². The largest absolute Gasteiger partial charge is 0.461 e. The van der Waals surface area contributed by atoms with Gasteiger partial charge in [0.05, 0.1) is 23.5 Å². The van der Waals surface area contributed by atoms with Gasteiger partial charge >= 0.3 is 0 Å². The molecular formula is C22H32N4O4S2. The van der Waals surface area contributed by atoms with Gasteiger partial charge in [-0.1, -0.05) is 37.9 Å². The third-order valence-electron chi connectivity index (χ3n) is 6.63. The van der Waals surface area contributed by atoms with Gasteiger partial charge in [-0.25, -0.2) is 8.42 Å². The summed E-state index contributed by atoms with van der Waals surface area (Å²) < 4.78 is 31.8. The van der Waals surface area contributed by atoms with E-state index in [0.29, 0.717) is 24.0 Å². The topological polar surface area (TPSA) is 98.3 Å². The lowest BCUT2D eigenvalue weighted by Gasteiger charge is -2.33. The van der Waals surface area contributed by atoms with Crippen LogP contribution in [0.5, 0.6) is 0 Å². The molecule has 0 aromatic carbocycles. The molecule has 0 spiro atoms. The van der Waals surface area contributed by atoms with Crippen LogP contribution in [-0.2, 0) is 14.6 Å². The first-order valence-electron chi connectivity index (χ1n) is 11.5. The standard InChI is InChI=1S/C22H32N4O4S2/c1-3-16(2)25(18-11-13-32(28,29)15-18)20(27)14-31-22-24-23-21(19-10-7-12-30-19)26(22)17-8-5-4-6-9-17/h7,10,12,16-18H,3-6,8-9,11,13-15H2,1-2H3/t16-,18+/m0/s1. The minimum absolute atomic E-state index is 0.00343. The molecule has 1 amide bonds. The van der Waals surface area contributed by atoms with E-state index in [9.17, 15) is 13.2 Å². The van der Waals surface area contributed by atoms with E-state index in [1.54, 1.807) is 11.2 Å². The van der Waals surface area contributed by atoms with Crippen LogP contribution >= 0.6 is 11.8 Å². The maximum Gasteiger partial charge on any atom is 0.233 e. The number of nitrogens with zero attached hydrogens (tertiary/aromatic N) is 4. The summed E-state index contributed by atoms with van der Waals surface area (Å²) in [4.78, 5) is 15.1. The van der Waals surface area contributed by atoms with Crippen LogP contribution in [0.4, 0.5) is 0 Å². The normalized spacial score (nSPS) is 22.1. The third kappa shape index (κ3) is 5.06. The number of furan rings is 1.